The number of hydrogen-bond donors (Lipinski definition) is 2. The first-order chi connectivity index (χ1) is 9.13. The predicted molar refractivity (Wildman–Crippen MR) is 83.6 cm³/mol. The number of benzene rings is 1. The second-order valence-corrected chi connectivity index (χ2v) is 5.82. The van der Waals surface area contributed by atoms with Gasteiger partial charge < -0.3 is 15.2 Å². The molecular weight excluding hydrogens is 282 g/mol. The van der Waals surface area contributed by atoms with Crippen LogP contribution in [0.4, 0.5) is 0 Å². The quantitative estimate of drug-likeness (QED) is 0.688. The molecule has 1 unspecified atom stereocenters. The molecule has 0 bridgehead atoms. The molecule has 5 heteroatoms. The number of aliphatic hydroxyl groups is 1. The molecule has 0 saturated carbocycles. The van der Waals surface area contributed by atoms with Gasteiger partial charge in [0.2, 0.25) is 0 Å². The highest BCUT2D eigenvalue weighted by Crippen LogP contribution is 2.20. The molecule has 0 radical (unpaired) electrons. The van der Waals surface area contributed by atoms with Crippen molar-refractivity contribution < 1.29 is 9.84 Å². The molecule has 1 aromatic carbocycles. The number of hydrogen-bond acceptors (Lipinski definition) is 4. The van der Waals surface area contributed by atoms with E-state index in [4.69, 9.17) is 16.3 Å². The zero-order valence-electron chi connectivity index (χ0n) is 11.5. The van der Waals surface area contributed by atoms with E-state index in [1.807, 2.05) is 30.8 Å². The summed E-state index contributed by atoms with van der Waals surface area (Å²) < 4.78 is 5.53. The van der Waals surface area contributed by atoms with E-state index in [2.05, 4.69) is 11.6 Å². The summed E-state index contributed by atoms with van der Waals surface area (Å²) in [5.74, 6) is 1.88. The van der Waals surface area contributed by atoms with Gasteiger partial charge in [0.1, 0.15) is 18.5 Å². The lowest BCUT2D eigenvalue weighted by Crippen LogP contribution is -2.32. The maximum absolute atomic E-state index is 9.77. The minimum atomic E-state index is -0.495. The van der Waals surface area contributed by atoms with Crippen LogP contribution < -0.4 is 10.1 Å². The highest BCUT2D eigenvalue weighted by atomic mass is 35.5. The maximum Gasteiger partial charge on any atom is 0.119 e. The van der Waals surface area contributed by atoms with Crippen molar-refractivity contribution in [3.63, 3.8) is 0 Å². The Labute approximate surface area is 124 Å². The van der Waals surface area contributed by atoms with Crippen LogP contribution in [0, 0.1) is 6.92 Å². The van der Waals surface area contributed by atoms with Crippen LogP contribution in [-0.2, 0) is 0 Å². The van der Waals surface area contributed by atoms with Crippen molar-refractivity contribution in [3.8, 4) is 5.75 Å². The van der Waals surface area contributed by atoms with Crippen molar-refractivity contribution in [2.24, 2.45) is 0 Å². The summed E-state index contributed by atoms with van der Waals surface area (Å²) in [6.07, 6.45) is 2.72. The zero-order chi connectivity index (χ0) is 14.1. The van der Waals surface area contributed by atoms with Crippen molar-refractivity contribution in [1.82, 2.24) is 5.32 Å². The van der Waals surface area contributed by atoms with E-state index >= 15 is 0 Å². The number of nitrogens with one attached hydrogen (secondary N) is 1. The normalized spacial score (nSPS) is 12.4. The Morgan fingerprint density at radius 2 is 2.26 bits per heavy atom. The predicted octanol–water partition coefficient (Wildman–Crippen LogP) is 2.73. The minimum Gasteiger partial charge on any atom is -0.491 e. The number of thioether (sulfide) groups is 1. The lowest BCUT2D eigenvalue weighted by atomic mass is 10.2. The van der Waals surface area contributed by atoms with E-state index in [0.717, 1.165) is 35.1 Å². The molecule has 1 aromatic rings. The van der Waals surface area contributed by atoms with Gasteiger partial charge in [-0.2, -0.15) is 11.8 Å². The second-order valence-electron chi connectivity index (χ2n) is 4.43. The maximum atomic E-state index is 9.77. The summed E-state index contributed by atoms with van der Waals surface area (Å²) in [5.41, 5.74) is 0.976. The third-order valence-corrected chi connectivity index (χ3v) is 3.77. The molecule has 2 N–H and O–H groups in total. The minimum absolute atomic E-state index is 0.288. The summed E-state index contributed by atoms with van der Waals surface area (Å²) in [7, 11) is 0. The molecule has 19 heavy (non-hydrogen) atoms. The number of ether oxygens (including phenoxy) is 1. The van der Waals surface area contributed by atoms with Crippen LogP contribution in [0.2, 0.25) is 5.02 Å². The van der Waals surface area contributed by atoms with Crippen LogP contribution in [0.15, 0.2) is 18.2 Å². The molecule has 0 fully saturated rings. The third-order valence-electron chi connectivity index (χ3n) is 2.65. The first kappa shape index (κ1) is 16.6. The van der Waals surface area contributed by atoms with Gasteiger partial charge in [-0.15, -0.1) is 0 Å². The number of aryl methyl sites for hydroxylation is 1. The fraction of sp³-hybridized carbons (Fsp3) is 0.571. The van der Waals surface area contributed by atoms with Crippen LogP contribution in [0.5, 0.6) is 5.75 Å². The van der Waals surface area contributed by atoms with E-state index < -0.39 is 6.10 Å². The van der Waals surface area contributed by atoms with E-state index in [0.29, 0.717) is 6.54 Å². The van der Waals surface area contributed by atoms with Crippen molar-refractivity contribution in [3.05, 3.63) is 28.8 Å². The van der Waals surface area contributed by atoms with E-state index in [-0.39, 0.29) is 6.61 Å². The van der Waals surface area contributed by atoms with Crippen molar-refractivity contribution in [2.45, 2.75) is 19.4 Å². The molecule has 0 aromatic heterocycles. The van der Waals surface area contributed by atoms with Gasteiger partial charge in [-0.25, -0.2) is 0 Å². The average molecular weight is 304 g/mol. The first-order valence-corrected chi connectivity index (χ1v) is 8.17. The largest absolute Gasteiger partial charge is 0.491 e. The summed E-state index contributed by atoms with van der Waals surface area (Å²) in [4.78, 5) is 0. The zero-order valence-corrected chi connectivity index (χ0v) is 13.1. The van der Waals surface area contributed by atoms with Gasteiger partial charge in [0.05, 0.1) is 0 Å². The fourth-order valence-electron chi connectivity index (χ4n) is 1.57. The van der Waals surface area contributed by atoms with Gasteiger partial charge in [-0.1, -0.05) is 11.6 Å². The molecule has 0 spiro atoms. The van der Waals surface area contributed by atoms with Crippen LogP contribution in [0.1, 0.15) is 12.0 Å². The standard InChI is InChI=1S/C14H22ClNO2S/c1-11-8-13(4-5-14(11)15)18-10-12(17)9-16-6-3-7-19-2/h4-5,8,12,16-17H,3,6-7,9-10H2,1-2H3. The number of rotatable bonds is 9. The highest BCUT2D eigenvalue weighted by Gasteiger charge is 2.05. The van der Waals surface area contributed by atoms with E-state index in [9.17, 15) is 5.11 Å². The van der Waals surface area contributed by atoms with Crippen molar-refractivity contribution in [2.75, 3.05) is 31.7 Å². The molecule has 0 amide bonds. The molecule has 0 aliphatic rings. The summed E-state index contributed by atoms with van der Waals surface area (Å²) in [6.45, 7) is 3.70. The summed E-state index contributed by atoms with van der Waals surface area (Å²) in [6, 6.07) is 5.49. The number of halogens is 1. The Kier molecular flexibility index (Phi) is 8.30. The molecule has 0 saturated heterocycles. The van der Waals surface area contributed by atoms with Crippen LogP contribution in [0.25, 0.3) is 0 Å². The van der Waals surface area contributed by atoms with E-state index in [1.165, 1.54) is 0 Å². The molecule has 0 aliphatic heterocycles. The van der Waals surface area contributed by atoms with Gasteiger partial charge in [0, 0.05) is 11.6 Å². The smallest absolute Gasteiger partial charge is 0.119 e. The van der Waals surface area contributed by atoms with E-state index in [1.54, 1.807) is 6.07 Å². The second kappa shape index (κ2) is 9.48. The Bertz CT molecular complexity index is 376. The lowest BCUT2D eigenvalue weighted by Gasteiger charge is -2.13. The molecule has 0 heterocycles. The van der Waals surface area contributed by atoms with Gasteiger partial charge in [0.15, 0.2) is 0 Å². The van der Waals surface area contributed by atoms with Crippen LogP contribution in [-0.4, -0.2) is 42.9 Å². The van der Waals surface area contributed by atoms with Gasteiger partial charge in [0.25, 0.3) is 0 Å². The Morgan fingerprint density at radius 1 is 1.47 bits per heavy atom. The molecular formula is C14H22ClNO2S. The molecule has 0 aliphatic carbocycles. The van der Waals surface area contributed by atoms with Crippen LogP contribution in [0.3, 0.4) is 0 Å². The Hall–Kier alpha value is -0.420. The molecule has 3 nitrogen and oxygen atoms in total. The van der Waals surface area contributed by atoms with Gasteiger partial charge >= 0.3 is 0 Å². The van der Waals surface area contributed by atoms with Gasteiger partial charge in [-0.05, 0) is 55.7 Å². The third kappa shape index (κ3) is 7.06. The summed E-state index contributed by atoms with van der Waals surface area (Å²) >= 11 is 7.77. The fourth-order valence-corrected chi connectivity index (χ4v) is 2.12. The molecule has 1 atom stereocenters. The SMILES string of the molecule is CSCCCNCC(O)COc1ccc(Cl)c(C)c1. The van der Waals surface area contributed by atoms with Gasteiger partial charge in [-0.3, -0.25) is 0 Å². The Balaban J connectivity index is 2.18. The van der Waals surface area contributed by atoms with Crippen LogP contribution >= 0.6 is 23.4 Å². The lowest BCUT2D eigenvalue weighted by molar-refractivity contribution is 0.106. The monoisotopic (exact) mass is 303 g/mol. The summed E-state index contributed by atoms with van der Waals surface area (Å²) in [5, 5.41) is 13.7. The molecule has 108 valence electrons. The van der Waals surface area contributed by atoms with Crippen molar-refractivity contribution in [1.29, 1.82) is 0 Å². The van der Waals surface area contributed by atoms with Crippen molar-refractivity contribution >= 4 is 23.4 Å². The molecule has 1 rings (SSSR count). The first-order valence-electron chi connectivity index (χ1n) is 6.40. The Morgan fingerprint density at radius 3 is 2.95 bits per heavy atom. The average Bonchev–Trinajstić information content (AvgIpc) is 2.40. The number of aliphatic hydroxyl groups excluding tert-OH is 1. The topological polar surface area (TPSA) is 41.5 Å². The highest BCUT2D eigenvalue weighted by molar-refractivity contribution is 7.98.